The van der Waals surface area contributed by atoms with Gasteiger partial charge in [-0.2, -0.15) is 0 Å². The zero-order chi connectivity index (χ0) is 15.2. The first kappa shape index (κ1) is 15.1. The highest BCUT2D eigenvalue weighted by atomic mass is 16.5. The molecule has 0 radical (unpaired) electrons. The van der Waals surface area contributed by atoms with Gasteiger partial charge in [-0.1, -0.05) is 37.3 Å². The van der Waals surface area contributed by atoms with Gasteiger partial charge < -0.3 is 10.1 Å². The molecule has 1 aliphatic rings. The minimum atomic E-state index is 0.474. The van der Waals surface area contributed by atoms with Crippen LogP contribution in [0.2, 0.25) is 0 Å². The van der Waals surface area contributed by atoms with Gasteiger partial charge in [0.15, 0.2) is 0 Å². The lowest BCUT2D eigenvalue weighted by atomic mass is 10.0. The summed E-state index contributed by atoms with van der Waals surface area (Å²) in [4.78, 5) is 2.57. The number of rotatable bonds is 5. The number of benzene rings is 2. The molecule has 0 amide bonds. The predicted octanol–water partition coefficient (Wildman–Crippen LogP) is 3.84. The van der Waals surface area contributed by atoms with E-state index < -0.39 is 0 Å². The number of hydrogen-bond donors (Lipinski definition) is 1. The fourth-order valence-corrected chi connectivity index (χ4v) is 3.11. The molecule has 0 unspecified atom stereocenters. The van der Waals surface area contributed by atoms with E-state index in [4.69, 9.17) is 4.74 Å². The van der Waals surface area contributed by atoms with E-state index in [2.05, 4.69) is 35.3 Å². The topological polar surface area (TPSA) is 24.5 Å². The lowest BCUT2D eigenvalue weighted by Gasteiger charge is -2.34. The second-order valence-corrected chi connectivity index (χ2v) is 5.70. The van der Waals surface area contributed by atoms with Crippen molar-refractivity contribution in [1.82, 2.24) is 10.2 Å². The van der Waals surface area contributed by atoms with Crippen molar-refractivity contribution in [2.24, 2.45) is 0 Å². The Kier molecular flexibility index (Phi) is 5.09. The average molecular weight is 296 g/mol. The molecule has 0 spiro atoms. The second kappa shape index (κ2) is 7.43. The van der Waals surface area contributed by atoms with Crippen LogP contribution in [0.15, 0.2) is 54.6 Å². The third-order valence-corrected chi connectivity index (χ3v) is 4.20. The van der Waals surface area contributed by atoms with Gasteiger partial charge in [0.05, 0.1) is 0 Å². The van der Waals surface area contributed by atoms with Crippen LogP contribution < -0.4 is 10.1 Å². The monoisotopic (exact) mass is 296 g/mol. The summed E-state index contributed by atoms with van der Waals surface area (Å²) < 4.78 is 5.97. The van der Waals surface area contributed by atoms with Crippen molar-refractivity contribution >= 4 is 0 Å². The van der Waals surface area contributed by atoms with Crippen molar-refractivity contribution in [3.8, 4) is 11.5 Å². The largest absolute Gasteiger partial charge is 0.457 e. The van der Waals surface area contributed by atoms with E-state index in [0.717, 1.165) is 44.1 Å². The minimum Gasteiger partial charge on any atom is -0.457 e. The highest BCUT2D eigenvalue weighted by Crippen LogP contribution is 2.29. The highest BCUT2D eigenvalue weighted by molar-refractivity contribution is 5.35. The van der Waals surface area contributed by atoms with Crippen LogP contribution in [0.4, 0.5) is 0 Å². The molecule has 22 heavy (non-hydrogen) atoms. The molecule has 1 N–H and O–H groups in total. The zero-order valence-electron chi connectivity index (χ0n) is 13.2. The molecule has 0 aliphatic carbocycles. The number of para-hydroxylation sites is 1. The Hall–Kier alpha value is -1.84. The van der Waals surface area contributed by atoms with Gasteiger partial charge in [-0.15, -0.1) is 0 Å². The molecule has 1 saturated heterocycles. The summed E-state index contributed by atoms with van der Waals surface area (Å²) in [7, 11) is 0. The van der Waals surface area contributed by atoms with Crippen LogP contribution in [0.25, 0.3) is 0 Å². The lowest BCUT2D eigenvalue weighted by Crippen LogP contribution is -2.45. The fraction of sp³-hybridized carbons (Fsp3) is 0.368. The third kappa shape index (κ3) is 3.67. The van der Waals surface area contributed by atoms with Crippen LogP contribution in [0.5, 0.6) is 11.5 Å². The average Bonchev–Trinajstić information content (AvgIpc) is 2.58. The lowest BCUT2D eigenvalue weighted by molar-refractivity contribution is 0.169. The molecule has 0 bridgehead atoms. The van der Waals surface area contributed by atoms with E-state index in [1.165, 1.54) is 5.56 Å². The summed E-state index contributed by atoms with van der Waals surface area (Å²) in [5.74, 6) is 1.80. The molecule has 0 aromatic heterocycles. The Morgan fingerprint density at radius 3 is 2.45 bits per heavy atom. The highest BCUT2D eigenvalue weighted by Gasteiger charge is 2.20. The van der Waals surface area contributed by atoms with Crippen LogP contribution in [-0.4, -0.2) is 31.1 Å². The van der Waals surface area contributed by atoms with Crippen molar-refractivity contribution in [1.29, 1.82) is 0 Å². The molecule has 2 aromatic rings. The maximum absolute atomic E-state index is 5.97. The molecule has 2 aromatic carbocycles. The van der Waals surface area contributed by atoms with E-state index >= 15 is 0 Å². The van der Waals surface area contributed by atoms with Crippen LogP contribution in [0.1, 0.15) is 24.9 Å². The van der Waals surface area contributed by atoms with Gasteiger partial charge in [0.1, 0.15) is 11.5 Å². The van der Waals surface area contributed by atoms with E-state index in [1.807, 2.05) is 36.4 Å². The summed E-state index contributed by atoms with van der Waals surface area (Å²) in [6, 6.07) is 19.0. The Morgan fingerprint density at radius 2 is 1.73 bits per heavy atom. The first-order chi connectivity index (χ1) is 10.9. The summed E-state index contributed by atoms with van der Waals surface area (Å²) in [6.45, 7) is 6.65. The van der Waals surface area contributed by atoms with Crippen molar-refractivity contribution in [3.63, 3.8) is 0 Å². The van der Waals surface area contributed by atoms with Gasteiger partial charge in [-0.25, -0.2) is 0 Å². The van der Waals surface area contributed by atoms with Crippen LogP contribution >= 0.6 is 0 Å². The molecule has 116 valence electrons. The van der Waals surface area contributed by atoms with Crippen molar-refractivity contribution in [2.45, 2.75) is 19.4 Å². The van der Waals surface area contributed by atoms with E-state index in [1.54, 1.807) is 0 Å². The Balaban J connectivity index is 1.77. The van der Waals surface area contributed by atoms with E-state index in [9.17, 15) is 0 Å². The molecule has 1 atom stereocenters. The molecule has 3 rings (SSSR count). The van der Waals surface area contributed by atoms with Gasteiger partial charge in [-0.3, -0.25) is 4.90 Å². The number of nitrogens with zero attached hydrogens (tertiary/aromatic N) is 1. The molecule has 3 heteroatoms. The van der Waals surface area contributed by atoms with Crippen molar-refractivity contribution in [3.05, 3.63) is 60.2 Å². The van der Waals surface area contributed by atoms with Crippen molar-refractivity contribution < 1.29 is 4.74 Å². The van der Waals surface area contributed by atoms with Crippen LogP contribution in [0.3, 0.4) is 0 Å². The van der Waals surface area contributed by atoms with Gasteiger partial charge in [-0.05, 0) is 36.2 Å². The summed E-state index contributed by atoms with van der Waals surface area (Å²) in [5.41, 5.74) is 1.35. The van der Waals surface area contributed by atoms with Gasteiger partial charge in [0.2, 0.25) is 0 Å². The quantitative estimate of drug-likeness (QED) is 0.907. The van der Waals surface area contributed by atoms with E-state index in [-0.39, 0.29) is 0 Å². The first-order valence-electron chi connectivity index (χ1n) is 8.14. The summed E-state index contributed by atoms with van der Waals surface area (Å²) in [5, 5.41) is 3.42. The number of hydrogen-bond acceptors (Lipinski definition) is 3. The first-order valence-corrected chi connectivity index (χ1v) is 8.14. The summed E-state index contributed by atoms with van der Waals surface area (Å²) in [6.07, 6.45) is 1.12. The number of ether oxygens (including phenoxy) is 1. The van der Waals surface area contributed by atoms with Gasteiger partial charge in [0.25, 0.3) is 0 Å². The Morgan fingerprint density at radius 1 is 1.00 bits per heavy atom. The summed E-state index contributed by atoms with van der Waals surface area (Å²) >= 11 is 0. The Bertz CT molecular complexity index is 579. The molecule has 1 fully saturated rings. The number of nitrogens with one attached hydrogen (secondary N) is 1. The SMILES string of the molecule is CC[C@@H](c1cccc(Oc2ccccc2)c1)N1CCNCC1. The zero-order valence-corrected chi connectivity index (χ0v) is 13.2. The molecule has 3 nitrogen and oxygen atoms in total. The maximum Gasteiger partial charge on any atom is 0.127 e. The van der Waals surface area contributed by atoms with Crippen molar-refractivity contribution in [2.75, 3.05) is 26.2 Å². The standard InChI is InChI=1S/C19H24N2O/c1-2-19(21-13-11-20-12-14-21)16-7-6-10-18(15-16)22-17-8-4-3-5-9-17/h3-10,15,19-20H,2,11-14H2,1H3/t19-/m0/s1. The molecule has 0 saturated carbocycles. The van der Waals surface area contributed by atoms with E-state index in [0.29, 0.717) is 6.04 Å². The molecular weight excluding hydrogens is 272 g/mol. The second-order valence-electron chi connectivity index (χ2n) is 5.70. The normalized spacial score (nSPS) is 17.1. The maximum atomic E-state index is 5.97. The van der Waals surface area contributed by atoms with Crippen LogP contribution in [-0.2, 0) is 0 Å². The smallest absolute Gasteiger partial charge is 0.127 e. The predicted molar refractivity (Wildman–Crippen MR) is 90.4 cm³/mol. The third-order valence-electron chi connectivity index (χ3n) is 4.20. The molecular formula is C19H24N2O. The minimum absolute atomic E-state index is 0.474. The number of piperazine rings is 1. The fourth-order valence-electron chi connectivity index (χ4n) is 3.11. The van der Waals surface area contributed by atoms with Gasteiger partial charge >= 0.3 is 0 Å². The Labute approximate surface area is 132 Å². The molecule has 1 heterocycles. The van der Waals surface area contributed by atoms with Crippen LogP contribution in [0, 0.1) is 0 Å². The molecule has 1 aliphatic heterocycles. The van der Waals surface area contributed by atoms with Gasteiger partial charge in [0, 0.05) is 32.2 Å².